The Morgan fingerprint density at radius 1 is 1.69 bits per heavy atom. The average Bonchev–Trinajstić information content (AvgIpc) is 2.52. The molecule has 4 heteroatoms. The molecule has 1 unspecified atom stereocenters. The molecule has 3 nitrogen and oxygen atoms in total. The van der Waals surface area contributed by atoms with E-state index in [0.717, 1.165) is 24.0 Å². The number of aromatic nitrogens is 2. The smallest absolute Gasteiger partial charge is 0.127 e. The largest absolute Gasteiger partial charge is 0.303 e. The number of aldehydes is 1. The van der Waals surface area contributed by atoms with Crippen molar-refractivity contribution >= 4 is 17.8 Å². The fourth-order valence-corrected chi connectivity index (χ4v) is 2.48. The van der Waals surface area contributed by atoms with Crippen molar-refractivity contribution in [2.45, 2.75) is 26.7 Å². The lowest BCUT2D eigenvalue weighted by Crippen LogP contribution is -2.13. The maximum absolute atomic E-state index is 11.0. The summed E-state index contributed by atoms with van der Waals surface area (Å²) in [4.78, 5) is 12.1. The second-order valence-corrected chi connectivity index (χ2v) is 5.27. The van der Waals surface area contributed by atoms with Crippen molar-refractivity contribution in [2.24, 2.45) is 10.8 Å². The molecule has 1 aromatic heterocycles. The minimum Gasteiger partial charge on any atom is -0.303 e. The molecule has 13 heavy (non-hydrogen) atoms. The minimum absolute atomic E-state index is 0.138. The van der Waals surface area contributed by atoms with Crippen LogP contribution in [0.1, 0.15) is 25.1 Å². The molecule has 0 radical (unpaired) electrons. The predicted molar refractivity (Wildman–Crippen MR) is 50.5 cm³/mol. The molecule has 1 atom stereocenters. The van der Waals surface area contributed by atoms with Crippen LogP contribution < -0.4 is 0 Å². The summed E-state index contributed by atoms with van der Waals surface area (Å²) in [7, 11) is 0. The maximum Gasteiger partial charge on any atom is 0.127 e. The van der Waals surface area contributed by atoms with Gasteiger partial charge in [-0.3, -0.25) is 0 Å². The van der Waals surface area contributed by atoms with Gasteiger partial charge in [-0.2, -0.15) is 0 Å². The van der Waals surface area contributed by atoms with Gasteiger partial charge in [-0.15, -0.1) is 5.10 Å². The van der Waals surface area contributed by atoms with Gasteiger partial charge in [-0.05, 0) is 29.8 Å². The standard InChI is InChI=1S/C9H12N2OS/c1-8(2)5-9(8,6-12)3-7-4-10-11-13-7/h4,6H,3,5H2,1-2H3. The van der Waals surface area contributed by atoms with Crippen molar-refractivity contribution < 1.29 is 4.79 Å². The van der Waals surface area contributed by atoms with Crippen LogP contribution in [0.25, 0.3) is 0 Å². The summed E-state index contributed by atoms with van der Waals surface area (Å²) in [5, 5.41) is 3.77. The molecule has 0 bridgehead atoms. The third-order valence-electron chi connectivity index (χ3n) is 3.10. The van der Waals surface area contributed by atoms with Crippen LogP contribution >= 0.6 is 11.5 Å². The van der Waals surface area contributed by atoms with Gasteiger partial charge >= 0.3 is 0 Å². The zero-order valence-corrected chi connectivity index (χ0v) is 8.60. The van der Waals surface area contributed by atoms with Crippen LogP contribution in [0, 0.1) is 10.8 Å². The molecule has 0 aromatic carbocycles. The van der Waals surface area contributed by atoms with Crippen LogP contribution in [-0.4, -0.2) is 15.9 Å². The Balaban J connectivity index is 2.14. The molecule has 1 aliphatic carbocycles. The van der Waals surface area contributed by atoms with Gasteiger partial charge in [0.25, 0.3) is 0 Å². The quantitative estimate of drug-likeness (QED) is 0.691. The third-order valence-corrected chi connectivity index (χ3v) is 3.76. The van der Waals surface area contributed by atoms with Gasteiger partial charge in [0.15, 0.2) is 0 Å². The van der Waals surface area contributed by atoms with E-state index in [4.69, 9.17) is 0 Å². The van der Waals surface area contributed by atoms with Gasteiger partial charge in [0.05, 0.1) is 6.20 Å². The Morgan fingerprint density at radius 3 is 2.77 bits per heavy atom. The normalized spacial score (nSPS) is 30.0. The van der Waals surface area contributed by atoms with Crippen LogP contribution in [0.4, 0.5) is 0 Å². The monoisotopic (exact) mass is 196 g/mol. The molecule has 1 aliphatic rings. The fraction of sp³-hybridized carbons (Fsp3) is 0.667. The Bertz CT molecular complexity index is 320. The zero-order valence-electron chi connectivity index (χ0n) is 7.78. The summed E-state index contributed by atoms with van der Waals surface area (Å²) in [6.45, 7) is 4.27. The highest BCUT2D eigenvalue weighted by atomic mass is 32.1. The number of nitrogens with zero attached hydrogens (tertiary/aromatic N) is 2. The van der Waals surface area contributed by atoms with E-state index in [1.807, 2.05) is 0 Å². The molecule has 1 aromatic rings. The third kappa shape index (κ3) is 1.29. The molecule has 0 aliphatic heterocycles. The number of carbonyl (C=O) groups is 1. The van der Waals surface area contributed by atoms with E-state index in [9.17, 15) is 4.79 Å². The molecule has 0 spiro atoms. The van der Waals surface area contributed by atoms with E-state index in [-0.39, 0.29) is 10.8 Å². The zero-order chi connectivity index (χ0) is 9.53. The summed E-state index contributed by atoms with van der Waals surface area (Å²) >= 11 is 1.39. The Morgan fingerprint density at radius 2 is 2.38 bits per heavy atom. The number of carbonyl (C=O) groups excluding carboxylic acids is 1. The average molecular weight is 196 g/mol. The predicted octanol–water partition coefficient (Wildman–Crippen LogP) is 1.70. The first-order chi connectivity index (χ1) is 6.10. The summed E-state index contributed by atoms with van der Waals surface area (Å²) in [5.74, 6) is 0. The first-order valence-electron chi connectivity index (χ1n) is 4.32. The number of hydrogen-bond acceptors (Lipinski definition) is 4. The van der Waals surface area contributed by atoms with Gasteiger partial charge in [0.2, 0.25) is 0 Å². The van der Waals surface area contributed by atoms with E-state index >= 15 is 0 Å². The number of hydrogen-bond donors (Lipinski definition) is 0. The van der Waals surface area contributed by atoms with Crippen molar-refractivity contribution in [3.8, 4) is 0 Å². The first-order valence-corrected chi connectivity index (χ1v) is 5.10. The molecule has 1 fully saturated rings. The van der Waals surface area contributed by atoms with E-state index in [0.29, 0.717) is 0 Å². The van der Waals surface area contributed by atoms with E-state index in [1.165, 1.54) is 11.5 Å². The molecule has 1 heterocycles. The number of rotatable bonds is 3. The van der Waals surface area contributed by atoms with Crippen molar-refractivity contribution in [1.29, 1.82) is 0 Å². The van der Waals surface area contributed by atoms with Crippen molar-refractivity contribution in [3.63, 3.8) is 0 Å². The lowest BCUT2D eigenvalue weighted by atomic mass is 9.93. The van der Waals surface area contributed by atoms with Crippen LogP contribution in [0.15, 0.2) is 6.20 Å². The molecular weight excluding hydrogens is 184 g/mol. The van der Waals surface area contributed by atoms with E-state index in [2.05, 4.69) is 23.4 Å². The van der Waals surface area contributed by atoms with Gasteiger partial charge in [0, 0.05) is 10.3 Å². The van der Waals surface area contributed by atoms with Gasteiger partial charge in [-0.25, -0.2) is 0 Å². The van der Waals surface area contributed by atoms with Crippen LogP contribution in [0.3, 0.4) is 0 Å². The molecule has 0 amide bonds. The fourth-order valence-electron chi connectivity index (χ4n) is 1.87. The Labute approximate surface area is 81.3 Å². The molecule has 0 saturated heterocycles. The van der Waals surface area contributed by atoms with Crippen LogP contribution in [0.5, 0.6) is 0 Å². The van der Waals surface area contributed by atoms with Gasteiger partial charge in [-0.1, -0.05) is 18.3 Å². The topological polar surface area (TPSA) is 42.9 Å². The van der Waals surface area contributed by atoms with Crippen LogP contribution in [0.2, 0.25) is 0 Å². The maximum atomic E-state index is 11.0. The van der Waals surface area contributed by atoms with E-state index < -0.39 is 0 Å². The van der Waals surface area contributed by atoms with Crippen molar-refractivity contribution in [1.82, 2.24) is 9.59 Å². The molecule has 70 valence electrons. The summed E-state index contributed by atoms with van der Waals surface area (Å²) in [6, 6.07) is 0. The van der Waals surface area contributed by atoms with E-state index in [1.54, 1.807) is 6.20 Å². The highest BCUT2D eigenvalue weighted by Crippen LogP contribution is 2.63. The molecule has 2 rings (SSSR count). The van der Waals surface area contributed by atoms with Crippen LogP contribution in [-0.2, 0) is 11.2 Å². The second kappa shape index (κ2) is 2.61. The SMILES string of the molecule is CC1(C)CC1(C=O)Cc1cnns1. The summed E-state index contributed by atoms with van der Waals surface area (Å²) < 4.78 is 3.79. The summed E-state index contributed by atoms with van der Waals surface area (Å²) in [6.07, 6.45) is 4.65. The lowest BCUT2D eigenvalue weighted by molar-refractivity contribution is -0.113. The highest BCUT2D eigenvalue weighted by Gasteiger charge is 2.61. The first kappa shape index (κ1) is 8.81. The highest BCUT2D eigenvalue weighted by molar-refractivity contribution is 7.05. The second-order valence-electron chi connectivity index (χ2n) is 4.40. The van der Waals surface area contributed by atoms with Crippen molar-refractivity contribution in [3.05, 3.63) is 11.1 Å². The lowest BCUT2D eigenvalue weighted by Gasteiger charge is -2.10. The van der Waals surface area contributed by atoms with Crippen molar-refractivity contribution in [2.75, 3.05) is 0 Å². The minimum atomic E-state index is -0.138. The molecule has 0 N–H and O–H groups in total. The molecular formula is C9H12N2OS. The van der Waals surface area contributed by atoms with Gasteiger partial charge in [0.1, 0.15) is 6.29 Å². The summed E-state index contributed by atoms with van der Waals surface area (Å²) in [5.41, 5.74) is 0.0277. The Hall–Kier alpha value is -0.770. The van der Waals surface area contributed by atoms with Gasteiger partial charge < -0.3 is 4.79 Å². The Kier molecular flexibility index (Phi) is 1.77. The molecule has 1 saturated carbocycles.